The summed E-state index contributed by atoms with van der Waals surface area (Å²) in [7, 11) is 0. The van der Waals surface area contributed by atoms with Gasteiger partial charge in [0.05, 0.1) is 6.54 Å². The standard InChI is InChI=1S/C18H15NO4/c20-18(13-5-6-16-17(10-13)22-8-7-21-16)19-11-14-9-12-3-1-2-4-15(12)23-14/h1-6,9-10H,7-8,11H2,(H,19,20). The molecular formula is C18H15NO4. The fraction of sp³-hybridized carbons (Fsp3) is 0.167. The lowest BCUT2D eigenvalue weighted by molar-refractivity contribution is 0.0947. The van der Waals surface area contributed by atoms with Crippen LogP contribution in [0.15, 0.2) is 52.9 Å². The minimum atomic E-state index is -0.178. The third kappa shape index (κ3) is 2.73. The van der Waals surface area contributed by atoms with Gasteiger partial charge in [0.2, 0.25) is 0 Å². The van der Waals surface area contributed by atoms with Gasteiger partial charge in [0.1, 0.15) is 24.6 Å². The summed E-state index contributed by atoms with van der Waals surface area (Å²) in [5.41, 5.74) is 1.35. The number of carbonyl (C=O) groups excluding carboxylic acids is 1. The third-order valence-electron chi connectivity index (χ3n) is 3.70. The molecule has 1 aliphatic rings. The zero-order valence-electron chi connectivity index (χ0n) is 12.4. The number of furan rings is 1. The Labute approximate surface area is 132 Å². The quantitative estimate of drug-likeness (QED) is 0.807. The molecule has 3 aromatic rings. The van der Waals surface area contributed by atoms with Gasteiger partial charge in [-0.1, -0.05) is 18.2 Å². The fourth-order valence-corrected chi connectivity index (χ4v) is 2.58. The van der Waals surface area contributed by atoms with E-state index in [1.165, 1.54) is 0 Å². The number of rotatable bonds is 3. The molecule has 5 heteroatoms. The molecule has 23 heavy (non-hydrogen) atoms. The normalized spacial score (nSPS) is 13.0. The highest BCUT2D eigenvalue weighted by molar-refractivity contribution is 5.94. The van der Waals surface area contributed by atoms with Crippen molar-refractivity contribution < 1.29 is 18.7 Å². The van der Waals surface area contributed by atoms with E-state index in [1.807, 2.05) is 30.3 Å². The summed E-state index contributed by atoms with van der Waals surface area (Å²) in [5.74, 6) is 1.82. The summed E-state index contributed by atoms with van der Waals surface area (Å²) in [6, 6.07) is 14.9. The van der Waals surface area contributed by atoms with E-state index in [0.717, 1.165) is 16.7 Å². The largest absolute Gasteiger partial charge is 0.486 e. The molecule has 0 saturated heterocycles. The Morgan fingerprint density at radius 3 is 2.70 bits per heavy atom. The Morgan fingerprint density at radius 1 is 1.00 bits per heavy atom. The van der Waals surface area contributed by atoms with Crippen molar-refractivity contribution in [2.24, 2.45) is 0 Å². The van der Waals surface area contributed by atoms with Crippen LogP contribution in [0.1, 0.15) is 16.1 Å². The van der Waals surface area contributed by atoms with Crippen LogP contribution >= 0.6 is 0 Å². The highest BCUT2D eigenvalue weighted by Crippen LogP contribution is 2.30. The predicted molar refractivity (Wildman–Crippen MR) is 84.8 cm³/mol. The van der Waals surface area contributed by atoms with Crippen LogP contribution in [0.5, 0.6) is 11.5 Å². The number of para-hydroxylation sites is 1. The monoisotopic (exact) mass is 309 g/mol. The molecule has 0 bridgehead atoms. The van der Waals surface area contributed by atoms with Crippen LogP contribution in [-0.4, -0.2) is 19.1 Å². The van der Waals surface area contributed by atoms with Gasteiger partial charge < -0.3 is 19.2 Å². The maximum atomic E-state index is 12.3. The van der Waals surface area contributed by atoms with E-state index in [4.69, 9.17) is 13.9 Å². The first-order chi connectivity index (χ1) is 11.3. The van der Waals surface area contributed by atoms with Crippen molar-refractivity contribution >= 4 is 16.9 Å². The van der Waals surface area contributed by atoms with E-state index < -0.39 is 0 Å². The van der Waals surface area contributed by atoms with Gasteiger partial charge in [-0.25, -0.2) is 0 Å². The SMILES string of the molecule is O=C(NCc1cc2ccccc2o1)c1ccc2c(c1)OCCO2. The van der Waals surface area contributed by atoms with Crippen LogP contribution < -0.4 is 14.8 Å². The van der Waals surface area contributed by atoms with E-state index in [2.05, 4.69) is 5.32 Å². The molecule has 0 fully saturated rings. The Hall–Kier alpha value is -2.95. The van der Waals surface area contributed by atoms with Crippen LogP contribution in [0.2, 0.25) is 0 Å². The van der Waals surface area contributed by atoms with E-state index in [0.29, 0.717) is 36.8 Å². The van der Waals surface area contributed by atoms with E-state index >= 15 is 0 Å². The van der Waals surface area contributed by atoms with Gasteiger partial charge in [0.25, 0.3) is 5.91 Å². The molecule has 1 aromatic heterocycles. The number of carbonyl (C=O) groups is 1. The average molecular weight is 309 g/mol. The number of ether oxygens (including phenoxy) is 2. The second kappa shape index (κ2) is 5.68. The molecule has 5 nitrogen and oxygen atoms in total. The summed E-state index contributed by atoms with van der Waals surface area (Å²) in [4.78, 5) is 12.3. The van der Waals surface area contributed by atoms with Crippen molar-refractivity contribution in [1.29, 1.82) is 0 Å². The molecule has 0 aliphatic carbocycles. The smallest absolute Gasteiger partial charge is 0.251 e. The first-order valence-corrected chi connectivity index (χ1v) is 7.45. The Morgan fingerprint density at radius 2 is 1.83 bits per heavy atom. The molecule has 0 saturated carbocycles. The lowest BCUT2D eigenvalue weighted by Crippen LogP contribution is -2.23. The lowest BCUT2D eigenvalue weighted by atomic mass is 10.2. The molecule has 0 radical (unpaired) electrons. The molecule has 2 heterocycles. The molecule has 4 rings (SSSR count). The van der Waals surface area contributed by atoms with Crippen LogP contribution in [0.25, 0.3) is 11.0 Å². The molecule has 1 N–H and O–H groups in total. The van der Waals surface area contributed by atoms with Gasteiger partial charge >= 0.3 is 0 Å². The molecule has 0 unspecified atom stereocenters. The van der Waals surface area contributed by atoms with E-state index in [1.54, 1.807) is 18.2 Å². The Balaban J connectivity index is 1.47. The topological polar surface area (TPSA) is 60.7 Å². The molecule has 0 spiro atoms. The first kappa shape index (κ1) is 13.7. The highest BCUT2D eigenvalue weighted by Gasteiger charge is 2.15. The minimum absolute atomic E-state index is 0.178. The molecule has 1 aliphatic heterocycles. The van der Waals surface area contributed by atoms with Gasteiger partial charge in [-0.2, -0.15) is 0 Å². The Bertz CT molecular complexity index is 835. The first-order valence-electron chi connectivity index (χ1n) is 7.45. The zero-order valence-corrected chi connectivity index (χ0v) is 12.4. The van der Waals surface area contributed by atoms with E-state index in [-0.39, 0.29) is 5.91 Å². The van der Waals surface area contributed by atoms with Crippen molar-refractivity contribution in [3.8, 4) is 11.5 Å². The van der Waals surface area contributed by atoms with E-state index in [9.17, 15) is 4.79 Å². The van der Waals surface area contributed by atoms with Gasteiger partial charge in [-0.15, -0.1) is 0 Å². The van der Waals surface area contributed by atoms with Crippen LogP contribution in [0.4, 0.5) is 0 Å². The number of amides is 1. The van der Waals surface area contributed by atoms with Crippen molar-refractivity contribution in [3.63, 3.8) is 0 Å². The van der Waals surface area contributed by atoms with Gasteiger partial charge in [-0.3, -0.25) is 4.79 Å². The van der Waals surface area contributed by atoms with Crippen LogP contribution in [0.3, 0.4) is 0 Å². The number of hydrogen-bond donors (Lipinski definition) is 1. The molecule has 116 valence electrons. The van der Waals surface area contributed by atoms with Crippen molar-refractivity contribution in [2.75, 3.05) is 13.2 Å². The number of hydrogen-bond acceptors (Lipinski definition) is 4. The summed E-state index contributed by atoms with van der Waals surface area (Å²) >= 11 is 0. The van der Waals surface area contributed by atoms with Gasteiger partial charge in [0, 0.05) is 10.9 Å². The average Bonchev–Trinajstić information content (AvgIpc) is 3.02. The summed E-state index contributed by atoms with van der Waals surface area (Å²) in [5, 5.41) is 3.88. The van der Waals surface area contributed by atoms with Crippen LogP contribution in [-0.2, 0) is 6.54 Å². The van der Waals surface area contributed by atoms with Crippen molar-refractivity contribution in [1.82, 2.24) is 5.32 Å². The summed E-state index contributed by atoms with van der Waals surface area (Å²) < 4.78 is 16.6. The molecule has 2 aromatic carbocycles. The molecule has 1 amide bonds. The van der Waals surface area contributed by atoms with Gasteiger partial charge in [0.15, 0.2) is 11.5 Å². The number of fused-ring (bicyclic) bond motifs is 2. The maximum absolute atomic E-state index is 12.3. The highest BCUT2D eigenvalue weighted by atomic mass is 16.6. The van der Waals surface area contributed by atoms with Crippen molar-refractivity contribution in [2.45, 2.75) is 6.54 Å². The second-order valence-electron chi connectivity index (χ2n) is 5.29. The fourth-order valence-electron chi connectivity index (χ4n) is 2.58. The summed E-state index contributed by atoms with van der Waals surface area (Å²) in [6.07, 6.45) is 0. The van der Waals surface area contributed by atoms with Crippen LogP contribution in [0, 0.1) is 0 Å². The number of nitrogens with one attached hydrogen (secondary N) is 1. The zero-order chi connectivity index (χ0) is 15.6. The predicted octanol–water partition coefficient (Wildman–Crippen LogP) is 3.13. The summed E-state index contributed by atoms with van der Waals surface area (Å²) in [6.45, 7) is 1.36. The maximum Gasteiger partial charge on any atom is 0.251 e. The number of benzene rings is 2. The third-order valence-corrected chi connectivity index (χ3v) is 3.70. The molecular weight excluding hydrogens is 294 g/mol. The second-order valence-corrected chi connectivity index (χ2v) is 5.29. The van der Waals surface area contributed by atoms with Gasteiger partial charge in [-0.05, 0) is 30.3 Å². The Kier molecular flexibility index (Phi) is 3.38. The minimum Gasteiger partial charge on any atom is -0.486 e. The lowest BCUT2D eigenvalue weighted by Gasteiger charge is -2.18. The van der Waals surface area contributed by atoms with Crippen molar-refractivity contribution in [3.05, 3.63) is 59.9 Å². The molecule has 0 atom stereocenters.